The first-order valence-corrected chi connectivity index (χ1v) is 13.8. The Morgan fingerprint density at radius 1 is 0.732 bits per heavy atom. The summed E-state index contributed by atoms with van der Waals surface area (Å²) in [6.45, 7) is 8.62. The summed E-state index contributed by atoms with van der Waals surface area (Å²) < 4.78 is 21.4. The number of aryl methyl sites for hydroxylation is 1. The molecule has 8 heteroatoms. The highest BCUT2D eigenvalue weighted by Crippen LogP contribution is 2.21. The molecule has 2 N–H and O–H groups in total. The first kappa shape index (κ1) is 33.1. The van der Waals surface area contributed by atoms with E-state index in [1.165, 1.54) is 19.3 Å². The predicted octanol–water partition coefficient (Wildman–Crippen LogP) is 4.54. The van der Waals surface area contributed by atoms with E-state index in [4.69, 9.17) is 29.2 Å². The number of hydrogen-bond donors (Lipinski definition) is 2. The van der Waals surface area contributed by atoms with Crippen LogP contribution in [0.1, 0.15) is 55.7 Å². The molecule has 0 radical (unpaired) electrons. The first-order valence-electron chi connectivity index (χ1n) is 13.8. The lowest BCUT2D eigenvalue weighted by atomic mass is 10.00. The molecular weight excluding hydrogens is 524 g/mol. The average Bonchev–Trinajstić information content (AvgIpc) is 3.00. The van der Waals surface area contributed by atoms with Crippen molar-refractivity contribution in [3.05, 3.63) is 83.5 Å². The number of carbonyl (C=O) groups excluding carboxylic acids is 2. The topological polar surface area (TPSA) is 112 Å². The molecule has 0 aliphatic carbocycles. The fourth-order valence-corrected chi connectivity index (χ4v) is 3.60. The fourth-order valence-electron chi connectivity index (χ4n) is 3.60. The summed E-state index contributed by atoms with van der Waals surface area (Å²) in [4.78, 5) is 23.1. The molecule has 220 valence electrons. The SMILES string of the molecule is C=C(CO)C(=O)OCCOc1ccc(C#Cc2ccc(OCCOC(=O)C(=C)CO)cc2CCCCCCC)cc1. The number of carbonyl (C=O) groups is 2. The number of aliphatic hydroxyl groups excluding tert-OH is 2. The van der Waals surface area contributed by atoms with Crippen LogP contribution in [0.15, 0.2) is 66.8 Å². The molecule has 0 aromatic heterocycles. The van der Waals surface area contributed by atoms with Gasteiger partial charge in [-0.2, -0.15) is 0 Å². The maximum atomic E-state index is 11.6. The summed E-state index contributed by atoms with van der Waals surface area (Å²) in [6.07, 6.45) is 6.68. The molecule has 0 fully saturated rings. The molecule has 2 rings (SSSR count). The highest BCUT2D eigenvalue weighted by Gasteiger charge is 2.09. The number of hydrogen-bond acceptors (Lipinski definition) is 8. The van der Waals surface area contributed by atoms with Gasteiger partial charge in [-0.1, -0.05) is 57.6 Å². The lowest BCUT2D eigenvalue weighted by molar-refractivity contribution is -0.141. The molecule has 0 saturated heterocycles. The van der Waals surface area contributed by atoms with Crippen LogP contribution in [0.2, 0.25) is 0 Å². The van der Waals surface area contributed by atoms with Crippen LogP contribution in [-0.4, -0.2) is 61.8 Å². The molecule has 2 aromatic carbocycles. The van der Waals surface area contributed by atoms with Crippen LogP contribution < -0.4 is 9.47 Å². The van der Waals surface area contributed by atoms with Crippen LogP contribution >= 0.6 is 0 Å². The molecule has 41 heavy (non-hydrogen) atoms. The first-order chi connectivity index (χ1) is 19.9. The standard InChI is InChI=1S/C33H40O8/c1-4-5-6-7-8-9-29-22-31(39-19-21-41-33(37)26(3)24-35)17-14-28(29)13-10-27-11-15-30(16-12-27)38-18-20-40-32(36)25(2)23-34/h11-12,14-17,22,34-35H,2-9,18-21,23-24H2,1H3. The van der Waals surface area contributed by atoms with Crippen molar-refractivity contribution in [2.75, 3.05) is 39.6 Å². The van der Waals surface area contributed by atoms with Gasteiger partial charge in [-0.05, 0) is 60.9 Å². The van der Waals surface area contributed by atoms with Crippen molar-refractivity contribution in [1.29, 1.82) is 0 Å². The predicted molar refractivity (Wildman–Crippen MR) is 157 cm³/mol. The van der Waals surface area contributed by atoms with Gasteiger partial charge in [-0.3, -0.25) is 0 Å². The van der Waals surface area contributed by atoms with Crippen LogP contribution in [0.4, 0.5) is 0 Å². The smallest absolute Gasteiger partial charge is 0.335 e. The third kappa shape index (κ3) is 12.8. The number of esters is 2. The van der Waals surface area contributed by atoms with E-state index >= 15 is 0 Å². The minimum Gasteiger partial charge on any atom is -0.490 e. The second-order valence-electron chi connectivity index (χ2n) is 9.25. The van der Waals surface area contributed by atoms with Crippen LogP contribution in [0.5, 0.6) is 11.5 Å². The Hall–Kier alpha value is -4.06. The molecule has 0 unspecified atom stereocenters. The third-order valence-corrected chi connectivity index (χ3v) is 5.95. The Morgan fingerprint density at radius 2 is 1.29 bits per heavy atom. The molecule has 0 heterocycles. The van der Waals surface area contributed by atoms with Crippen LogP contribution in [0.25, 0.3) is 0 Å². The van der Waals surface area contributed by atoms with Crippen LogP contribution in [-0.2, 0) is 25.5 Å². The number of aliphatic hydroxyl groups is 2. The van der Waals surface area contributed by atoms with E-state index in [-0.39, 0.29) is 37.6 Å². The van der Waals surface area contributed by atoms with E-state index in [1.54, 1.807) is 12.1 Å². The molecule has 0 spiro atoms. The van der Waals surface area contributed by atoms with Crippen molar-refractivity contribution in [3.8, 4) is 23.3 Å². The number of ether oxygens (including phenoxy) is 4. The Bertz CT molecular complexity index is 1200. The lowest BCUT2D eigenvalue weighted by Crippen LogP contribution is -2.15. The van der Waals surface area contributed by atoms with E-state index in [0.29, 0.717) is 11.5 Å². The van der Waals surface area contributed by atoms with Gasteiger partial charge >= 0.3 is 11.9 Å². The minimum atomic E-state index is -0.645. The van der Waals surface area contributed by atoms with Gasteiger partial charge in [-0.25, -0.2) is 9.59 Å². The summed E-state index contributed by atoms with van der Waals surface area (Å²) in [7, 11) is 0. The number of rotatable bonds is 18. The zero-order chi connectivity index (χ0) is 29.9. The normalized spacial score (nSPS) is 10.2. The summed E-state index contributed by atoms with van der Waals surface area (Å²) in [5, 5.41) is 17.8. The second kappa shape index (κ2) is 19.1. The van der Waals surface area contributed by atoms with Gasteiger partial charge in [0, 0.05) is 11.1 Å². The van der Waals surface area contributed by atoms with Crippen molar-refractivity contribution in [2.24, 2.45) is 0 Å². The monoisotopic (exact) mass is 564 g/mol. The highest BCUT2D eigenvalue weighted by molar-refractivity contribution is 5.88. The third-order valence-electron chi connectivity index (χ3n) is 5.95. The Kier molecular flexibility index (Phi) is 15.4. The van der Waals surface area contributed by atoms with E-state index in [9.17, 15) is 9.59 Å². The molecule has 0 atom stereocenters. The van der Waals surface area contributed by atoms with Crippen LogP contribution in [0, 0.1) is 11.8 Å². The molecule has 0 bridgehead atoms. The number of benzene rings is 2. The molecule has 8 nitrogen and oxygen atoms in total. The van der Waals surface area contributed by atoms with E-state index < -0.39 is 25.2 Å². The van der Waals surface area contributed by atoms with Crippen molar-refractivity contribution in [3.63, 3.8) is 0 Å². The molecule has 0 amide bonds. The van der Waals surface area contributed by atoms with Crippen molar-refractivity contribution < 1.29 is 38.7 Å². The zero-order valence-electron chi connectivity index (χ0n) is 23.8. The Labute approximate surface area is 242 Å². The summed E-state index contributed by atoms with van der Waals surface area (Å²) in [5.74, 6) is 6.49. The van der Waals surface area contributed by atoms with Gasteiger partial charge in [0.1, 0.15) is 37.9 Å². The van der Waals surface area contributed by atoms with Crippen molar-refractivity contribution in [1.82, 2.24) is 0 Å². The summed E-state index contributed by atoms with van der Waals surface area (Å²) in [6, 6.07) is 13.1. The summed E-state index contributed by atoms with van der Waals surface area (Å²) >= 11 is 0. The van der Waals surface area contributed by atoms with E-state index in [2.05, 4.69) is 31.9 Å². The van der Waals surface area contributed by atoms with E-state index in [0.717, 1.165) is 36.0 Å². The molecule has 0 aliphatic rings. The van der Waals surface area contributed by atoms with Gasteiger partial charge in [0.05, 0.1) is 24.4 Å². The largest absolute Gasteiger partial charge is 0.490 e. The van der Waals surface area contributed by atoms with Crippen LogP contribution in [0.3, 0.4) is 0 Å². The van der Waals surface area contributed by atoms with Gasteiger partial charge in [0.2, 0.25) is 0 Å². The minimum absolute atomic E-state index is 0.000699. The number of unbranched alkanes of at least 4 members (excludes halogenated alkanes) is 4. The molecule has 0 aliphatic heterocycles. The Morgan fingerprint density at radius 3 is 1.88 bits per heavy atom. The van der Waals surface area contributed by atoms with Gasteiger partial charge < -0.3 is 29.2 Å². The molecule has 2 aromatic rings. The van der Waals surface area contributed by atoms with Crippen molar-refractivity contribution in [2.45, 2.75) is 45.4 Å². The summed E-state index contributed by atoms with van der Waals surface area (Å²) in [5.41, 5.74) is 2.84. The van der Waals surface area contributed by atoms with Gasteiger partial charge in [-0.15, -0.1) is 0 Å². The van der Waals surface area contributed by atoms with Gasteiger partial charge in [0.15, 0.2) is 0 Å². The maximum absolute atomic E-state index is 11.6. The fraction of sp³-hybridized carbons (Fsp3) is 0.394. The highest BCUT2D eigenvalue weighted by atomic mass is 16.6. The molecular formula is C33H40O8. The van der Waals surface area contributed by atoms with Gasteiger partial charge in [0.25, 0.3) is 0 Å². The lowest BCUT2D eigenvalue weighted by Gasteiger charge is -2.11. The second-order valence-corrected chi connectivity index (χ2v) is 9.25. The Balaban J connectivity index is 1.98. The van der Waals surface area contributed by atoms with Crippen molar-refractivity contribution >= 4 is 11.9 Å². The molecule has 0 saturated carbocycles. The quantitative estimate of drug-likeness (QED) is 0.118. The average molecular weight is 565 g/mol. The maximum Gasteiger partial charge on any atom is 0.335 e. The zero-order valence-corrected chi connectivity index (χ0v) is 23.8. The van der Waals surface area contributed by atoms with E-state index in [1.807, 2.05) is 30.3 Å².